The van der Waals surface area contributed by atoms with Crippen molar-refractivity contribution in [3.05, 3.63) is 0 Å². The van der Waals surface area contributed by atoms with Crippen molar-refractivity contribution in [3.8, 4) is 0 Å². The van der Waals surface area contributed by atoms with Gasteiger partial charge in [0.1, 0.15) is 6.61 Å². The van der Waals surface area contributed by atoms with Gasteiger partial charge in [-0.1, -0.05) is 6.92 Å². The van der Waals surface area contributed by atoms with Gasteiger partial charge in [-0.15, -0.1) is 0 Å². The first-order valence-electron chi connectivity index (χ1n) is 4.24. The quantitative estimate of drug-likeness (QED) is 0.368. The summed E-state index contributed by atoms with van der Waals surface area (Å²) >= 11 is 0. The summed E-state index contributed by atoms with van der Waals surface area (Å²) in [5.74, 6) is -0.802. The second-order valence-corrected chi connectivity index (χ2v) is 2.61. The van der Waals surface area contributed by atoms with Crippen LogP contribution in [0.2, 0.25) is 0 Å². The van der Waals surface area contributed by atoms with E-state index in [4.69, 9.17) is 14.7 Å². The Morgan fingerprint density at radius 2 is 2.15 bits per heavy atom. The van der Waals surface area contributed by atoms with Gasteiger partial charge in [0.2, 0.25) is 0 Å². The first-order chi connectivity index (χ1) is 6.20. The fourth-order valence-electron chi connectivity index (χ4n) is 0.608. The van der Waals surface area contributed by atoms with Crippen LogP contribution in [0.1, 0.15) is 20.3 Å². The van der Waals surface area contributed by atoms with Gasteiger partial charge < -0.3 is 9.47 Å². The zero-order valence-electron chi connectivity index (χ0n) is 7.99. The molecule has 0 rings (SSSR count). The molecule has 0 saturated heterocycles. The molecule has 0 aliphatic heterocycles. The standard InChI is InChI=1S/C8H16O5/c1-3-7(2)12-5-4-11-6-8(9)13-10/h7,10H,3-6H2,1-2H3. The molecular weight excluding hydrogens is 176 g/mol. The molecular formula is C8H16O5. The molecule has 0 heterocycles. The molecule has 1 unspecified atom stereocenters. The van der Waals surface area contributed by atoms with Crippen LogP contribution in [0, 0.1) is 0 Å². The Kier molecular flexibility index (Phi) is 7.57. The van der Waals surface area contributed by atoms with Gasteiger partial charge in [-0.05, 0) is 13.3 Å². The van der Waals surface area contributed by atoms with Crippen molar-refractivity contribution in [2.45, 2.75) is 26.4 Å². The molecule has 5 nitrogen and oxygen atoms in total. The highest BCUT2D eigenvalue weighted by Gasteiger charge is 2.02. The lowest BCUT2D eigenvalue weighted by Gasteiger charge is -2.09. The van der Waals surface area contributed by atoms with Crippen molar-refractivity contribution in [2.75, 3.05) is 19.8 Å². The molecule has 0 aliphatic rings. The molecule has 0 bridgehead atoms. The normalized spacial score (nSPS) is 12.5. The number of rotatable bonds is 7. The second kappa shape index (κ2) is 7.97. The predicted octanol–water partition coefficient (Wildman–Crippen LogP) is 0.834. The van der Waals surface area contributed by atoms with Crippen LogP contribution >= 0.6 is 0 Å². The topological polar surface area (TPSA) is 65.0 Å². The van der Waals surface area contributed by atoms with E-state index in [2.05, 4.69) is 4.89 Å². The van der Waals surface area contributed by atoms with Gasteiger partial charge in [-0.25, -0.2) is 4.79 Å². The van der Waals surface area contributed by atoms with Gasteiger partial charge in [0, 0.05) is 0 Å². The Balaban J connectivity index is 3.12. The van der Waals surface area contributed by atoms with E-state index in [-0.39, 0.29) is 12.7 Å². The van der Waals surface area contributed by atoms with E-state index in [0.717, 1.165) is 6.42 Å². The third-order valence-electron chi connectivity index (χ3n) is 1.53. The van der Waals surface area contributed by atoms with Crippen molar-refractivity contribution in [1.29, 1.82) is 0 Å². The van der Waals surface area contributed by atoms with Gasteiger partial charge in [0.15, 0.2) is 0 Å². The second-order valence-electron chi connectivity index (χ2n) is 2.61. The van der Waals surface area contributed by atoms with Crippen molar-refractivity contribution >= 4 is 5.97 Å². The predicted molar refractivity (Wildman–Crippen MR) is 45.2 cm³/mol. The van der Waals surface area contributed by atoms with Crippen LogP contribution in [-0.4, -0.2) is 37.2 Å². The molecule has 0 spiro atoms. The molecule has 0 amide bonds. The third kappa shape index (κ3) is 7.70. The lowest BCUT2D eigenvalue weighted by molar-refractivity contribution is -0.238. The van der Waals surface area contributed by atoms with E-state index in [1.807, 2.05) is 13.8 Å². The summed E-state index contributed by atoms with van der Waals surface area (Å²) in [5.41, 5.74) is 0. The maximum atomic E-state index is 10.3. The molecule has 5 heteroatoms. The monoisotopic (exact) mass is 192 g/mol. The Morgan fingerprint density at radius 3 is 2.69 bits per heavy atom. The van der Waals surface area contributed by atoms with E-state index < -0.39 is 5.97 Å². The average molecular weight is 192 g/mol. The SMILES string of the molecule is CCC(C)OCCOCC(=O)OO. The Morgan fingerprint density at radius 1 is 1.46 bits per heavy atom. The van der Waals surface area contributed by atoms with Crippen LogP contribution in [0.25, 0.3) is 0 Å². The highest BCUT2D eigenvalue weighted by molar-refractivity contribution is 5.69. The summed E-state index contributed by atoms with van der Waals surface area (Å²) in [6, 6.07) is 0. The number of carbonyl (C=O) groups is 1. The minimum Gasteiger partial charge on any atom is -0.376 e. The Labute approximate surface area is 77.5 Å². The average Bonchev–Trinajstić information content (AvgIpc) is 2.16. The molecule has 1 N–H and O–H groups in total. The molecule has 0 aromatic heterocycles. The van der Waals surface area contributed by atoms with Crippen molar-refractivity contribution in [3.63, 3.8) is 0 Å². The van der Waals surface area contributed by atoms with E-state index >= 15 is 0 Å². The van der Waals surface area contributed by atoms with E-state index in [9.17, 15) is 4.79 Å². The largest absolute Gasteiger partial charge is 0.376 e. The molecule has 78 valence electrons. The first kappa shape index (κ1) is 12.3. The van der Waals surface area contributed by atoms with E-state index in [1.54, 1.807) is 0 Å². The Hall–Kier alpha value is -0.650. The lowest BCUT2D eigenvalue weighted by atomic mass is 10.3. The number of ether oxygens (including phenoxy) is 2. The summed E-state index contributed by atoms with van der Waals surface area (Å²) in [6.07, 6.45) is 1.15. The van der Waals surface area contributed by atoms with Gasteiger partial charge in [0.25, 0.3) is 0 Å². The van der Waals surface area contributed by atoms with Gasteiger partial charge in [0.05, 0.1) is 19.3 Å². The minimum atomic E-state index is -0.802. The molecule has 0 radical (unpaired) electrons. The van der Waals surface area contributed by atoms with Crippen LogP contribution < -0.4 is 0 Å². The van der Waals surface area contributed by atoms with E-state index in [0.29, 0.717) is 13.2 Å². The molecule has 0 fully saturated rings. The summed E-state index contributed by atoms with van der Waals surface area (Å²) in [5, 5.41) is 7.86. The van der Waals surface area contributed by atoms with Crippen LogP contribution in [-0.2, 0) is 19.2 Å². The fraction of sp³-hybridized carbons (Fsp3) is 0.875. The van der Waals surface area contributed by atoms with Crippen LogP contribution in [0.5, 0.6) is 0 Å². The summed E-state index contributed by atoms with van der Waals surface area (Å²) < 4.78 is 10.1. The molecule has 13 heavy (non-hydrogen) atoms. The Bertz CT molecular complexity index is 136. The summed E-state index contributed by atoms with van der Waals surface area (Å²) in [6.45, 7) is 4.49. The van der Waals surface area contributed by atoms with Crippen molar-refractivity contribution < 1.29 is 24.4 Å². The first-order valence-corrected chi connectivity index (χ1v) is 4.24. The molecule has 0 saturated carbocycles. The zero-order chi connectivity index (χ0) is 10.1. The van der Waals surface area contributed by atoms with E-state index in [1.165, 1.54) is 0 Å². The molecule has 0 aliphatic carbocycles. The lowest BCUT2D eigenvalue weighted by Crippen LogP contribution is -2.16. The number of hydrogen-bond acceptors (Lipinski definition) is 5. The maximum Gasteiger partial charge on any atom is 0.367 e. The maximum absolute atomic E-state index is 10.3. The number of carbonyl (C=O) groups excluding carboxylic acids is 1. The summed E-state index contributed by atoms with van der Waals surface area (Å²) in [4.78, 5) is 13.7. The minimum absolute atomic E-state index is 0.202. The smallest absolute Gasteiger partial charge is 0.367 e. The molecule has 0 aromatic rings. The highest BCUT2D eigenvalue weighted by Crippen LogP contribution is 1.94. The van der Waals surface area contributed by atoms with Crippen molar-refractivity contribution in [2.24, 2.45) is 0 Å². The summed E-state index contributed by atoms with van der Waals surface area (Å²) in [7, 11) is 0. The molecule has 1 atom stereocenters. The van der Waals surface area contributed by atoms with Gasteiger partial charge in [-0.3, -0.25) is 4.89 Å². The number of hydrogen-bond donors (Lipinski definition) is 1. The zero-order valence-corrected chi connectivity index (χ0v) is 7.99. The fourth-order valence-corrected chi connectivity index (χ4v) is 0.608. The van der Waals surface area contributed by atoms with Crippen LogP contribution in [0.4, 0.5) is 0 Å². The highest BCUT2D eigenvalue weighted by atomic mass is 17.1. The van der Waals surface area contributed by atoms with Crippen LogP contribution in [0.15, 0.2) is 0 Å². The van der Waals surface area contributed by atoms with Gasteiger partial charge in [-0.2, -0.15) is 5.26 Å². The van der Waals surface area contributed by atoms with Crippen LogP contribution in [0.3, 0.4) is 0 Å². The van der Waals surface area contributed by atoms with Crippen molar-refractivity contribution in [1.82, 2.24) is 0 Å². The third-order valence-corrected chi connectivity index (χ3v) is 1.53. The van der Waals surface area contributed by atoms with Gasteiger partial charge >= 0.3 is 5.97 Å². The molecule has 0 aromatic carbocycles.